The largest absolute Gasteiger partial charge is 0.481 e. The summed E-state index contributed by atoms with van der Waals surface area (Å²) in [6, 6.07) is 4.92. The van der Waals surface area contributed by atoms with Crippen LogP contribution >= 0.6 is 0 Å². The van der Waals surface area contributed by atoms with Crippen molar-refractivity contribution in [3.63, 3.8) is 0 Å². The first-order valence-corrected chi connectivity index (χ1v) is 6.50. The topological polar surface area (TPSA) is 37.3 Å². The zero-order valence-electron chi connectivity index (χ0n) is 11.8. The summed E-state index contributed by atoms with van der Waals surface area (Å²) in [7, 11) is 0. The van der Waals surface area contributed by atoms with Gasteiger partial charge in [-0.25, -0.2) is 0 Å². The molecular formula is C15H19F3O2. The summed E-state index contributed by atoms with van der Waals surface area (Å²) in [5.74, 6) is -0.989. The molecule has 0 heterocycles. The van der Waals surface area contributed by atoms with Gasteiger partial charge in [-0.05, 0) is 43.4 Å². The molecule has 2 unspecified atom stereocenters. The van der Waals surface area contributed by atoms with Gasteiger partial charge in [0.1, 0.15) is 0 Å². The van der Waals surface area contributed by atoms with Crippen LogP contribution in [0, 0.1) is 5.41 Å². The van der Waals surface area contributed by atoms with Gasteiger partial charge in [0.25, 0.3) is 0 Å². The SMILES string of the molecule is CCC(C)(CC(C)c1ccc(C(F)(F)F)cc1)C(=O)O. The molecule has 1 aromatic carbocycles. The van der Waals surface area contributed by atoms with Crippen molar-refractivity contribution in [2.45, 2.75) is 45.7 Å². The van der Waals surface area contributed by atoms with Crippen molar-refractivity contribution < 1.29 is 23.1 Å². The fourth-order valence-corrected chi connectivity index (χ4v) is 2.18. The van der Waals surface area contributed by atoms with E-state index in [9.17, 15) is 23.1 Å². The van der Waals surface area contributed by atoms with E-state index in [2.05, 4.69) is 0 Å². The van der Waals surface area contributed by atoms with Gasteiger partial charge in [0.05, 0.1) is 11.0 Å². The number of carbonyl (C=O) groups is 1. The quantitative estimate of drug-likeness (QED) is 0.852. The Hall–Kier alpha value is -1.52. The van der Waals surface area contributed by atoms with Crippen molar-refractivity contribution in [1.29, 1.82) is 0 Å². The highest BCUT2D eigenvalue weighted by Gasteiger charge is 2.34. The second-order valence-electron chi connectivity index (χ2n) is 5.44. The van der Waals surface area contributed by atoms with E-state index in [1.807, 2.05) is 6.92 Å². The Bertz CT molecular complexity index is 465. The third-order valence-electron chi connectivity index (χ3n) is 3.86. The minimum absolute atomic E-state index is 0.113. The summed E-state index contributed by atoms with van der Waals surface area (Å²) in [5, 5.41) is 9.23. The molecule has 1 N–H and O–H groups in total. The Morgan fingerprint density at radius 1 is 1.25 bits per heavy atom. The second kappa shape index (κ2) is 5.85. The van der Waals surface area contributed by atoms with Crippen LogP contribution in [0.5, 0.6) is 0 Å². The maximum Gasteiger partial charge on any atom is 0.416 e. The lowest BCUT2D eigenvalue weighted by Gasteiger charge is -2.27. The van der Waals surface area contributed by atoms with E-state index in [-0.39, 0.29) is 5.92 Å². The van der Waals surface area contributed by atoms with E-state index < -0.39 is 23.1 Å². The number of carboxylic acid groups (broad SMARTS) is 1. The van der Waals surface area contributed by atoms with E-state index in [1.54, 1.807) is 13.8 Å². The van der Waals surface area contributed by atoms with Gasteiger partial charge >= 0.3 is 12.1 Å². The van der Waals surface area contributed by atoms with Crippen molar-refractivity contribution in [3.05, 3.63) is 35.4 Å². The molecule has 1 aromatic rings. The lowest BCUT2D eigenvalue weighted by molar-refractivity contribution is -0.148. The lowest BCUT2D eigenvalue weighted by Crippen LogP contribution is -2.28. The smallest absolute Gasteiger partial charge is 0.416 e. The highest BCUT2D eigenvalue weighted by atomic mass is 19.4. The van der Waals surface area contributed by atoms with Crippen LogP contribution in [0.3, 0.4) is 0 Å². The van der Waals surface area contributed by atoms with Crippen LogP contribution in [0.1, 0.15) is 50.7 Å². The van der Waals surface area contributed by atoms with Gasteiger partial charge in [-0.3, -0.25) is 4.79 Å². The van der Waals surface area contributed by atoms with Gasteiger partial charge in [0, 0.05) is 0 Å². The first-order valence-electron chi connectivity index (χ1n) is 6.50. The van der Waals surface area contributed by atoms with Crippen LogP contribution in [-0.2, 0) is 11.0 Å². The molecule has 0 bridgehead atoms. The Labute approximate surface area is 116 Å². The molecule has 0 aliphatic heterocycles. The minimum atomic E-state index is -4.35. The molecule has 2 nitrogen and oxygen atoms in total. The number of halogens is 3. The summed E-state index contributed by atoms with van der Waals surface area (Å²) in [5.41, 5.74) is -0.828. The molecule has 0 fully saturated rings. The van der Waals surface area contributed by atoms with Crippen LogP contribution in [-0.4, -0.2) is 11.1 Å². The minimum Gasteiger partial charge on any atom is -0.481 e. The Balaban J connectivity index is 2.88. The van der Waals surface area contributed by atoms with Crippen molar-refractivity contribution in [2.75, 3.05) is 0 Å². The Morgan fingerprint density at radius 2 is 1.75 bits per heavy atom. The van der Waals surface area contributed by atoms with E-state index in [1.165, 1.54) is 12.1 Å². The van der Waals surface area contributed by atoms with Crippen molar-refractivity contribution in [2.24, 2.45) is 5.41 Å². The number of alkyl halides is 3. The zero-order valence-corrected chi connectivity index (χ0v) is 11.8. The maximum atomic E-state index is 12.5. The Morgan fingerprint density at radius 3 is 2.10 bits per heavy atom. The van der Waals surface area contributed by atoms with Crippen molar-refractivity contribution in [3.8, 4) is 0 Å². The van der Waals surface area contributed by atoms with Gasteiger partial charge in [-0.2, -0.15) is 13.2 Å². The molecule has 0 radical (unpaired) electrons. The lowest BCUT2D eigenvalue weighted by atomic mass is 9.77. The molecule has 2 atom stereocenters. The van der Waals surface area contributed by atoms with Crippen LogP contribution in [0.25, 0.3) is 0 Å². The zero-order chi connectivity index (χ0) is 15.6. The van der Waals surface area contributed by atoms with Gasteiger partial charge in [0.2, 0.25) is 0 Å². The molecule has 0 aromatic heterocycles. The van der Waals surface area contributed by atoms with Crippen molar-refractivity contribution in [1.82, 2.24) is 0 Å². The highest BCUT2D eigenvalue weighted by Crippen LogP contribution is 2.36. The van der Waals surface area contributed by atoms with Gasteiger partial charge in [0.15, 0.2) is 0 Å². The average molecular weight is 288 g/mol. The molecule has 0 saturated heterocycles. The average Bonchev–Trinajstić information content (AvgIpc) is 2.37. The number of hydrogen-bond donors (Lipinski definition) is 1. The van der Waals surface area contributed by atoms with E-state index in [0.29, 0.717) is 12.8 Å². The molecule has 0 amide bonds. The van der Waals surface area contributed by atoms with Crippen molar-refractivity contribution >= 4 is 5.97 Å². The summed E-state index contributed by atoms with van der Waals surface area (Å²) in [4.78, 5) is 11.3. The van der Waals surface area contributed by atoms with Gasteiger partial charge < -0.3 is 5.11 Å². The molecule has 0 spiro atoms. The van der Waals surface area contributed by atoms with Crippen LogP contribution in [0.15, 0.2) is 24.3 Å². The number of hydrogen-bond acceptors (Lipinski definition) is 1. The fourth-order valence-electron chi connectivity index (χ4n) is 2.18. The molecular weight excluding hydrogens is 269 g/mol. The number of benzene rings is 1. The summed E-state index contributed by atoms with van der Waals surface area (Å²) in [6.45, 7) is 5.29. The molecule has 5 heteroatoms. The predicted molar refractivity (Wildman–Crippen MR) is 70.5 cm³/mol. The van der Waals surface area contributed by atoms with E-state index in [0.717, 1.165) is 17.7 Å². The molecule has 112 valence electrons. The van der Waals surface area contributed by atoms with Gasteiger partial charge in [-0.1, -0.05) is 26.0 Å². The highest BCUT2D eigenvalue weighted by molar-refractivity contribution is 5.74. The first-order chi connectivity index (χ1) is 9.10. The molecule has 0 aliphatic rings. The van der Waals surface area contributed by atoms with E-state index >= 15 is 0 Å². The first kappa shape index (κ1) is 16.5. The summed E-state index contributed by atoms with van der Waals surface area (Å²) < 4.78 is 37.4. The summed E-state index contributed by atoms with van der Waals surface area (Å²) in [6.07, 6.45) is -3.47. The molecule has 20 heavy (non-hydrogen) atoms. The monoisotopic (exact) mass is 288 g/mol. The normalized spacial score (nSPS) is 16.5. The number of aliphatic carboxylic acids is 1. The number of carboxylic acids is 1. The number of rotatable bonds is 5. The van der Waals surface area contributed by atoms with Crippen LogP contribution < -0.4 is 0 Å². The molecule has 1 rings (SSSR count). The van der Waals surface area contributed by atoms with Crippen LogP contribution in [0.4, 0.5) is 13.2 Å². The van der Waals surface area contributed by atoms with E-state index in [4.69, 9.17) is 0 Å². The maximum absolute atomic E-state index is 12.5. The molecule has 0 saturated carbocycles. The third-order valence-corrected chi connectivity index (χ3v) is 3.86. The van der Waals surface area contributed by atoms with Crippen LogP contribution in [0.2, 0.25) is 0 Å². The predicted octanol–water partition coefficient (Wildman–Crippen LogP) is 4.70. The fraction of sp³-hybridized carbons (Fsp3) is 0.533. The molecule has 0 aliphatic carbocycles. The van der Waals surface area contributed by atoms with Gasteiger partial charge in [-0.15, -0.1) is 0 Å². The Kier molecular flexibility index (Phi) is 4.84. The standard InChI is InChI=1S/C15H19F3O2/c1-4-14(3,13(19)20)9-10(2)11-5-7-12(8-6-11)15(16,17)18/h5-8,10H,4,9H2,1-3H3,(H,19,20). The summed E-state index contributed by atoms with van der Waals surface area (Å²) >= 11 is 0. The second-order valence-corrected chi connectivity index (χ2v) is 5.44. The third kappa shape index (κ3) is 3.74.